The van der Waals surface area contributed by atoms with E-state index in [9.17, 15) is 4.79 Å². The van der Waals surface area contributed by atoms with E-state index < -0.39 is 0 Å². The van der Waals surface area contributed by atoms with Gasteiger partial charge in [-0.15, -0.1) is 0 Å². The number of ether oxygens (including phenoxy) is 2. The Morgan fingerprint density at radius 3 is 2.57 bits per heavy atom. The number of carbonyl (C=O) groups excluding carboxylic acids is 1. The van der Waals surface area contributed by atoms with Gasteiger partial charge in [-0.25, -0.2) is 4.79 Å². The number of carbonyl (C=O) groups is 1. The minimum Gasteiger partial charge on any atom is -0.445 e. The molecule has 0 atom stereocenters. The fraction of sp³-hybridized carbons (Fsp3) is 0.562. The van der Waals surface area contributed by atoms with Crippen LogP contribution >= 0.6 is 0 Å². The van der Waals surface area contributed by atoms with Crippen molar-refractivity contribution in [1.82, 2.24) is 10.2 Å². The summed E-state index contributed by atoms with van der Waals surface area (Å²) < 4.78 is 10.5. The third kappa shape index (κ3) is 3.95. The molecule has 1 aromatic rings. The number of amides is 1. The lowest BCUT2D eigenvalue weighted by Gasteiger charge is -2.41. The van der Waals surface area contributed by atoms with E-state index in [2.05, 4.69) is 10.2 Å². The molecule has 0 bridgehead atoms. The minimum atomic E-state index is -0.315. The summed E-state index contributed by atoms with van der Waals surface area (Å²) in [4.78, 5) is 14.3. The van der Waals surface area contributed by atoms with Crippen LogP contribution in [0.1, 0.15) is 18.4 Å². The third-order valence-corrected chi connectivity index (χ3v) is 4.20. The highest BCUT2D eigenvalue weighted by molar-refractivity contribution is 5.67. The van der Waals surface area contributed by atoms with E-state index in [4.69, 9.17) is 9.47 Å². The number of hydrogen-bond donors (Lipinski definition) is 1. The number of rotatable bonds is 4. The summed E-state index contributed by atoms with van der Waals surface area (Å²) in [6.45, 7) is 4.09. The van der Waals surface area contributed by atoms with Gasteiger partial charge >= 0.3 is 6.09 Å². The molecule has 2 aliphatic heterocycles. The van der Waals surface area contributed by atoms with Gasteiger partial charge in [0, 0.05) is 19.1 Å². The predicted octanol–water partition coefficient (Wildman–Crippen LogP) is 1.78. The van der Waals surface area contributed by atoms with Crippen molar-refractivity contribution >= 4 is 6.09 Å². The summed E-state index contributed by atoms with van der Waals surface area (Å²) in [6, 6.07) is 10.6. The maximum atomic E-state index is 11.8. The highest BCUT2D eigenvalue weighted by Gasteiger charge is 2.30. The molecule has 1 amide bonds. The zero-order chi connectivity index (χ0) is 14.5. The van der Waals surface area contributed by atoms with Crippen LogP contribution in [0.5, 0.6) is 0 Å². The molecule has 2 aliphatic rings. The molecule has 21 heavy (non-hydrogen) atoms. The van der Waals surface area contributed by atoms with Crippen molar-refractivity contribution in [2.24, 2.45) is 0 Å². The Bertz CT molecular complexity index is 454. The monoisotopic (exact) mass is 290 g/mol. The molecule has 5 nitrogen and oxygen atoms in total. The van der Waals surface area contributed by atoms with Crippen LogP contribution in [0.15, 0.2) is 30.3 Å². The second kappa shape index (κ2) is 6.91. The molecule has 0 unspecified atom stereocenters. The lowest BCUT2D eigenvalue weighted by molar-refractivity contribution is -0.0718. The van der Waals surface area contributed by atoms with Gasteiger partial charge in [0.2, 0.25) is 0 Å². The van der Waals surface area contributed by atoms with Crippen LogP contribution in [0.2, 0.25) is 0 Å². The van der Waals surface area contributed by atoms with Gasteiger partial charge in [-0.3, -0.25) is 4.90 Å². The van der Waals surface area contributed by atoms with Crippen molar-refractivity contribution < 1.29 is 14.3 Å². The van der Waals surface area contributed by atoms with Crippen molar-refractivity contribution in [2.75, 3.05) is 26.3 Å². The molecule has 1 N–H and O–H groups in total. The fourth-order valence-corrected chi connectivity index (χ4v) is 2.77. The van der Waals surface area contributed by atoms with Crippen LogP contribution in [0.3, 0.4) is 0 Å². The van der Waals surface area contributed by atoms with E-state index in [0.29, 0.717) is 12.6 Å². The average Bonchev–Trinajstić information content (AvgIpc) is 2.46. The molecular weight excluding hydrogens is 268 g/mol. The van der Waals surface area contributed by atoms with Crippen LogP contribution in [0.25, 0.3) is 0 Å². The number of benzene rings is 1. The number of piperidine rings is 1. The van der Waals surface area contributed by atoms with Gasteiger partial charge in [-0.2, -0.15) is 0 Å². The topological polar surface area (TPSA) is 50.8 Å². The molecule has 0 radical (unpaired) electrons. The Morgan fingerprint density at radius 1 is 1.24 bits per heavy atom. The van der Waals surface area contributed by atoms with E-state index in [1.54, 1.807) is 0 Å². The minimum absolute atomic E-state index is 0.227. The summed E-state index contributed by atoms with van der Waals surface area (Å²) in [7, 11) is 0. The molecule has 114 valence electrons. The standard InChI is InChI=1S/C16H22N2O3/c19-16(21-10-13-4-2-1-3-5-13)17-14-6-8-18(9-7-14)15-11-20-12-15/h1-5,14-15H,6-12H2,(H,17,19). The van der Waals surface area contributed by atoms with Gasteiger partial charge in [0.15, 0.2) is 0 Å². The number of nitrogens with one attached hydrogen (secondary N) is 1. The van der Waals surface area contributed by atoms with Crippen molar-refractivity contribution in [3.63, 3.8) is 0 Å². The molecule has 0 saturated carbocycles. The SMILES string of the molecule is O=C(NC1CCN(C2COC2)CC1)OCc1ccccc1. The highest BCUT2D eigenvalue weighted by atomic mass is 16.5. The first kappa shape index (κ1) is 14.4. The second-order valence-corrected chi connectivity index (χ2v) is 5.71. The summed E-state index contributed by atoms with van der Waals surface area (Å²) in [5, 5.41) is 2.97. The highest BCUT2D eigenvalue weighted by Crippen LogP contribution is 2.17. The lowest BCUT2D eigenvalue weighted by atomic mass is 10.0. The van der Waals surface area contributed by atoms with Gasteiger partial charge in [0.1, 0.15) is 6.61 Å². The van der Waals surface area contributed by atoms with Gasteiger partial charge in [-0.05, 0) is 18.4 Å². The maximum Gasteiger partial charge on any atom is 0.407 e. The summed E-state index contributed by atoms with van der Waals surface area (Å²) in [5.41, 5.74) is 1.01. The summed E-state index contributed by atoms with van der Waals surface area (Å²) >= 11 is 0. The number of nitrogens with zero attached hydrogens (tertiary/aromatic N) is 1. The lowest BCUT2D eigenvalue weighted by Crippen LogP contribution is -2.54. The molecule has 0 aromatic heterocycles. The van der Waals surface area contributed by atoms with E-state index in [1.165, 1.54) is 0 Å². The smallest absolute Gasteiger partial charge is 0.407 e. The van der Waals surface area contributed by atoms with Gasteiger partial charge in [0.25, 0.3) is 0 Å². The molecule has 0 spiro atoms. The molecule has 3 rings (SSSR count). The quantitative estimate of drug-likeness (QED) is 0.918. The van der Waals surface area contributed by atoms with Crippen molar-refractivity contribution in [3.8, 4) is 0 Å². The van der Waals surface area contributed by atoms with Crippen LogP contribution in [-0.2, 0) is 16.1 Å². The number of hydrogen-bond acceptors (Lipinski definition) is 4. The average molecular weight is 290 g/mol. The van der Waals surface area contributed by atoms with Crippen molar-refractivity contribution in [1.29, 1.82) is 0 Å². The number of alkyl carbamates (subject to hydrolysis) is 1. The van der Waals surface area contributed by atoms with Crippen LogP contribution in [0, 0.1) is 0 Å². The normalized spacial score (nSPS) is 20.8. The molecule has 2 heterocycles. The van der Waals surface area contributed by atoms with E-state index in [0.717, 1.165) is 44.7 Å². The third-order valence-electron chi connectivity index (χ3n) is 4.20. The summed E-state index contributed by atoms with van der Waals surface area (Å²) in [6.07, 6.45) is 1.65. The molecule has 0 aliphatic carbocycles. The van der Waals surface area contributed by atoms with Crippen LogP contribution < -0.4 is 5.32 Å². The Kier molecular flexibility index (Phi) is 4.72. The maximum absolute atomic E-state index is 11.8. The van der Waals surface area contributed by atoms with Crippen molar-refractivity contribution in [3.05, 3.63) is 35.9 Å². The van der Waals surface area contributed by atoms with Gasteiger partial charge < -0.3 is 14.8 Å². The van der Waals surface area contributed by atoms with Gasteiger partial charge in [0.05, 0.1) is 19.3 Å². The first-order chi connectivity index (χ1) is 10.3. The first-order valence-electron chi connectivity index (χ1n) is 7.60. The zero-order valence-corrected chi connectivity index (χ0v) is 12.2. The van der Waals surface area contributed by atoms with Crippen LogP contribution in [0.4, 0.5) is 4.79 Å². The predicted molar refractivity (Wildman–Crippen MR) is 79.0 cm³/mol. The van der Waals surface area contributed by atoms with E-state index >= 15 is 0 Å². The molecule has 2 saturated heterocycles. The van der Waals surface area contributed by atoms with E-state index in [1.807, 2.05) is 30.3 Å². The molecular formula is C16H22N2O3. The number of likely N-dealkylation sites (tertiary alicyclic amines) is 1. The zero-order valence-electron chi connectivity index (χ0n) is 12.2. The largest absolute Gasteiger partial charge is 0.445 e. The Morgan fingerprint density at radius 2 is 1.95 bits per heavy atom. The Labute approximate surface area is 125 Å². The molecule has 5 heteroatoms. The molecule has 2 fully saturated rings. The van der Waals surface area contributed by atoms with Crippen molar-refractivity contribution in [2.45, 2.75) is 31.5 Å². The van der Waals surface area contributed by atoms with Crippen LogP contribution in [-0.4, -0.2) is 49.4 Å². The Balaban J connectivity index is 1.35. The van der Waals surface area contributed by atoms with E-state index in [-0.39, 0.29) is 12.1 Å². The van der Waals surface area contributed by atoms with Gasteiger partial charge in [-0.1, -0.05) is 30.3 Å². The fourth-order valence-electron chi connectivity index (χ4n) is 2.77. The summed E-state index contributed by atoms with van der Waals surface area (Å²) in [5.74, 6) is 0. The second-order valence-electron chi connectivity index (χ2n) is 5.71. The first-order valence-corrected chi connectivity index (χ1v) is 7.60. The molecule has 1 aromatic carbocycles. The Hall–Kier alpha value is -1.59.